The van der Waals surface area contributed by atoms with Crippen molar-refractivity contribution < 1.29 is 9.53 Å². The van der Waals surface area contributed by atoms with Gasteiger partial charge in [0.25, 0.3) is 0 Å². The molecule has 2 aromatic carbocycles. The Morgan fingerprint density at radius 1 is 1.16 bits per heavy atom. The Kier molecular flexibility index (Phi) is 6.69. The highest BCUT2D eigenvalue weighted by Gasteiger charge is 2.18. The van der Waals surface area contributed by atoms with Crippen molar-refractivity contribution in [2.24, 2.45) is 5.73 Å². The summed E-state index contributed by atoms with van der Waals surface area (Å²) in [6, 6.07) is 14.4. The molecule has 162 valence electrons. The number of carbonyl (C=O) groups excluding carboxylic acids is 1. The number of ether oxygens (including phenoxy) is 1. The zero-order valence-corrected chi connectivity index (χ0v) is 18.0. The van der Waals surface area contributed by atoms with Gasteiger partial charge in [-0.15, -0.1) is 5.10 Å². The van der Waals surface area contributed by atoms with E-state index in [1.807, 2.05) is 45.0 Å². The molecule has 1 heterocycles. The molecule has 0 aliphatic rings. The number of carbonyl (C=O) groups is 1. The fraction of sp³-hybridized carbons (Fsp3) is 0.304. The number of aryl methyl sites for hydroxylation is 2. The van der Waals surface area contributed by atoms with Gasteiger partial charge in [0.15, 0.2) is 0 Å². The van der Waals surface area contributed by atoms with E-state index in [-0.39, 0.29) is 23.6 Å². The third-order valence-electron chi connectivity index (χ3n) is 4.76. The average Bonchev–Trinajstić information content (AvgIpc) is 3.08. The molecule has 0 bridgehead atoms. The van der Waals surface area contributed by atoms with Gasteiger partial charge in [0.05, 0.1) is 17.5 Å². The van der Waals surface area contributed by atoms with Crippen LogP contribution in [0.1, 0.15) is 44.1 Å². The van der Waals surface area contributed by atoms with E-state index in [1.54, 1.807) is 28.8 Å². The number of nitrogens with two attached hydrogens (primary N) is 1. The van der Waals surface area contributed by atoms with E-state index in [9.17, 15) is 9.59 Å². The number of rotatable bonds is 8. The summed E-state index contributed by atoms with van der Waals surface area (Å²) in [7, 11) is 0. The molecule has 3 N–H and O–H groups in total. The SMILES string of the molecule is CCc1nn(-c2ccccc2C(=N)N)c(=O)n1-c1ccc(CCC(=O)OC(C)C)cc1. The number of para-hydroxylation sites is 1. The molecule has 8 nitrogen and oxygen atoms in total. The zero-order valence-electron chi connectivity index (χ0n) is 18.0. The summed E-state index contributed by atoms with van der Waals surface area (Å²) in [5.41, 5.74) is 7.92. The predicted octanol–water partition coefficient (Wildman–Crippen LogP) is 2.75. The number of amidine groups is 1. The Morgan fingerprint density at radius 3 is 2.45 bits per heavy atom. The number of hydrogen-bond donors (Lipinski definition) is 2. The van der Waals surface area contributed by atoms with Crippen molar-refractivity contribution in [2.45, 2.75) is 46.1 Å². The molecule has 0 radical (unpaired) electrons. The molecule has 3 aromatic rings. The molecule has 0 aliphatic heterocycles. The van der Waals surface area contributed by atoms with Crippen LogP contribution < -0.4 is 11.4 Å². The third-order valence-corrected chi connectivity index (χ3v) is 4.76. The number of nitrogen functional groups attached to an aromatic ring is 1. The minimum atomic E-state index is -0.334. The van der Waals surface area contributed by atoms with E-state index < -0.39 is 0 Å². The molecule has 3 rings (SSSR count). The fourth-order valence-corrected chi connectivity index (χ4v) is 3.32. The normalized spacial score (nSPS) is 11.0. The number of nitrogens with one attached hydrogen (secondary N) is 1. The summed E-state index contributed by atoms with van der Waals surface area (Å²) in [4.78, 5) is 25.0. The van der Waals surface area contributed by atoms with Crippen LogP contribution in [-0.4, -0.2) is 32.3 Å². The molecular formula is C23H27N5O3. The summed E-state index contributed by atoms with van der Waals surface area (Å²) in [5.74, 6) is 0.237. The van der Waals surface area contributed by atoms with Crippen molar-refractivity contribution in [3.05, 3.63) is 76.0 Å². The molecule has 31 heavy (non-hydrogen) atoms. The Balaban J connectivity index is 1.91. The first kappa shape index (κ1) is 22.0. The highest BCUT2D eigenvalue weighted by Crippen LogP contribution is 2.16. The van der Waals surface area contributed by atoms with Crippen molar-refractivity contribution in [3.63, 3.8) is 0 Å². The first-order valence-electron chi connectivity index (χ1n) is 10.2. The fourth-order valence-electron chi connectivity index (χ4n) is 3.32. The van der Waals surface area contributed by atoms with Crippen LogP contribution in [0, 0.1) is 5.41 Å². The standard InChI is InChI=1S/C23H27N5O3/c1-4-20-26-28(19-8-6-5-7-18(19)22(24)25)23(30)27(20)17-12-9-16(10-13-17)11-14-21(29)31-15(2)3/h5-10,12-13,15H,4,11,14H2,1-3H3,(H3,24,25). The maximum absolute atomic E-state index is 13.2. The number of hydrogen-bond acceptors (Lipinski definition) is 5. The van der Waals surface area contributed by atoms with Gasteiger partial charge in [-0.3, -0.25) is 10.2 Å². The summed E-state index contributed by atoms with van der Waals surface area (Å²) in [6.07, 6.45) is 1.29. The molecule has 0 saturated carbocycles. The maximum atomic E-state index is 13.2. The highest BCUT2D eigenvalue weighted by atomic mass is 16.5. The van der Waals surface area contributed by atoms with Crippen molar-refractivity contribution in [1.82, 2.24) is 14.3 Å². The molecule has 0 amide bonds. The molecule has 0 atom stereocenters. The van der Waals surface area contributed by atoms with E-state index >= 15 is 0 Å². The van der Waals surface area contributed by atoms with E-state index in [0.717, 1.165) is 5.56 Å². The van der Waals surface area contributed by atoms with Gasteiger partial charge in [0, 0.05) is 18.4 Å². The van der Waals surface area contributed by atoms with Crippen molar-refractivity contribution in [3.8, 4) is 11.4 Å². The van der Waals surface area contributed by atoms with Gasteiger partial charge in [-0.25, -0.2) is 9.36 Å². The lowest BCUT2D eigenvalue weighted by atomic mass is 10.1. The highest BCUT2D eigenvalue weighted by molar-refractivity contribution is 5.98. The van der Waals surface area contributed by atoms with Gasteiger partial charge in [0.2, 0.25) is 0 Å². The van der Waals surface area contributed by atoms with Crippen LogP contribution in [0.5, 0.6) is 0 Å². The number of nitrogens with zero attached hydrogens (tertiary/aromatic N) is 3. The van der Waals surface area contributed by atoms with Gasteiger partial charge in [-0.2, -0.15) is 4.68 Å². The minimum absolute atomic E-state index is 0.126. The van der Waals surface area contributed by atoms with E-state index in [2.05, 4.69) is 5.10 Å². The number of benzene rings is 2. The first-order chi connectivity index (χ1) is 14.8. The smallest absolute Gasteiger partial charge is 0.355 e. The van der Waals surface area contributed by atoms with E-state index in [0.29, 0.717) is 42.0 Å². The van der Waals surface area contributed by atoms with Gasteiger partial charge in [-0.05, 0) is 50.1 Å². The van der Waals surface area contributed by atoms with Crippen LogP contribution in [0.4, 0.5) is 0 Å². The Morgan fingerprint density at radius 2 is 1.84 bits per heavy atom. The zero-order chi connectivity index (χ0) is 22.5. The molecule has 0 aliphatic carbocycles. The van der Waals surface area contributed by atoms with Gasteiger partial charge < -0.3 is 10.5 Å². The average molecular weight is 422 g/mol. The second-order valence-electron chi connectivity index (χ2n) is 7.44. The maximum Gasteiger partial charge on any atom is 0.355 e. The summed E-state index contributed by atoms with van der Waals surface area (Å²) < 4.78 is 8.00. The van der Waals surface area contributed by atoms with Gasteiger partial charge in [0.1, 0.15) is 11.7 Å². The van der Waals surface area contributed by atoms with Crippen LogP contribution in [0.2, 0.25) is 0 Å². The molecular weight excluding hydrogens is 394 g/mol. The first-order valence-corrected chi connectivity index (χ1v) is 10.2. The van der Waals surface area contributed by atoms with Crippen LogP contribution in [0.3, 0.4) is 0 Å². The predicted molar refractivity (Wildman–Crippen MR) is 119 cm³/mol. The van der Waals surface area contributed by atoms with Crippen molar-refractivity contribution in [2.75, 3.05) is 0 Å². The lowest BCUT2D eigenvalue weighted by Gasteiger charge is -2.08. The lowest BCUT2D eigenvalue weighted by Crippen LogP contribution is -2.25. The molecule has 0 unspecified atom stereocenters. The van der Waals surface area contributed by atoms with Crippen molar-refractivity contribution >= 4 is 11.8 Å². The third kappa shape index (κ3) is 4.91. The Labute approximate surface area is 180 Å². The molecule has 1 aromatic heterocycles. The van der Waals surface area contributed by atoms with Crippen LogP contribution in [0.25, 0.3) is 11.4 Å². The summed E-state index contributed by atoms with van der Waals surface area (Å²) >= 11 is 0. The summed E-state index contributed by atoms with van der Waals surface area (Å²) in [5, 5.41) is 12.3. The van der Waals surface area contributed by atoms with Crippen LogP contribution >= 0.6 is 0 Å². The molecule has 0 saturated heterocycles. The van der Waals surface area contributed by atoms with E-state index in [1.165, 1.54) is 4.68 Å². The van der Waals surface area contributed by atoms with Crippen LogP contribution in [-0.2, 0) is 22.4 Å². The van der Waals surface area contributed by atoms with Gasteiger partial charge in [-0.1, -0.05) is 31.2 Å². The Hall–Kier alpha value is -3.68. The molecule has 0 spiro atoms. The monoisotopic (exact) mass is 421 g/mol. The quantitative estimate of drug-likeness (QED) is 0.330. The Bertz CT molecular complexity index is 1140. The van der Waals surface area contributed by atoms with Gasteiger partial charge >= 0.3 is 11.7 Å². The summed E-state index contributed by atoms with van der Waals surface area (Å²) in [6.45, 7) is 5.57. The minimum Gasteiger partial charge on any atom is -0.463 e. The second kappa shape index (κ2) is 9.42. The van der Waals surface area contributed by atoms with Crippen LogP contribution in [0.15, 0.2) is 53.3 Å². The van der Waals surface area contributed by atoms with E-state index in [4.69, 9.17) is 15.9 Å². The second-order valence-corrected chi connectivity index (χ2v) is 7.44. The number of aromatic nitrogens is 3. The topological polar surface area (TPSA) is 116 Å². The van der Waals surface area contributed by atoms with Crippen molar-refractivity contribution in [1.29, 1.82) is 5.41 Å². The largest absolute Gasteiger partial charge is 0.463 e. The molecule has 8 heteroatoms. The number of esters is 1. The lowest BCUT2D eigenvalue weighted by molar-refractivity contribution is -0.147. The molecule has 0 fully saturated rings.